The Labute approximate surface area is 146 Å². The van der Waals surface area contributed by atoms with Crippen LogP contribution >= 0.6 is 23.5 Å². The highest BCUT2D eigenvalue weighted by atomic mass is 32.2. The van der Waals surface area contributed by atoms with E-state index in [4.69, 9.17) is 4.74 Å². The van der Waals surface area contributed by atoms with Crippen LogP contribution in [0.4, 0.5) is 0 Å². The topological polar surface area (TPSA) is 55.4 Å². The number of carbonyl (C=O) groups excluding carboxylic acids is 2. The molecule has 1 fully saturated rings. The van der Waals surface area contributed by atoms with Gasteiger partial charge in [-0.05, 0) is 41.5 Å². The van der Waals surface area contributed by atoms with Crippen LogP contribution in [0.25, 0.3) is 0 Å². The zero-order chi connectivity index (χ0) is 16.7. The number of hydrogen-bond donors (Lipinski definition) is 1. The predicted molar refractivity (Wildman–Crippen MR) is 96.8 cm³/mol. The van der Waals surface area contributed by atoms with Gasteiger partial charge in [-0.1, -0.05) is 26.0 Å². The smallest absolute Gasteiger partial charge is 0.338 e. The van der Waals surface area contributed by atoms with Gasteiger partial charge in [-0.25, -0.2) is 4.79 Å². The Balaban J connectivity index is 1.81. The molecule has 2 rings (SSSR count). The summed E-state index contributed by atoms with van der Waals surface area (Å²) in [5.41, 5.74) is 1.71. The van der Waals surface area contributed by atoms with Crippen LogP contribution < -0.4 is 5.32 Å². The Kier molecular flexibility index (Phi) is 7.30. The predicted octanol–water partition coefficient (Wildman–Crippen LogP) is 3.48. The van der Waals surface area contributed by atoms with Crippen molar-refractivity contribution < 1.29 is 14.3 Å². The van der Waals surface area contributed by atoms with Crippen LogP contribution in [0.1, 0.15) is 40.8 Å². The summed E-state index contributed by atoms with van der Waals surface area (Å²) in [7, 11) is 0. The highest BCUT2D eigenvalue weighted by Crippen LogP contribution is 2.43. The van der Waals surface area contributed by atoms with E-state index in [1.807, 2.05) is 49.5 Å². The van der Waals surface area contributed by atoms with Gasteiger partial charge in [0.2, 0.25) is 0 Å². The SMILES string of the molecule is CC(C)CNC(=O)COC(=O)c1ccc(C2SCCCS2)cc1. The first-order valence-corrected chi connectivity index (χ1v) is 9.93. The molecule has 1 aliphatic heterocycles. The van der Waals surface area contributed by atoms with Crippen LogP contribution in [0, 0.1) is 5.92 Å². The first-order chi connectivity index (χ1) is 11.1. The van der Waals surface area contributed by atoms with Crippen molar-refractivity contribution >= 4 is 35.4 Å². The number of nitrogens with one attached hydrogen (secondary N) is 1. The number of benzene rings is 1. The van der Waals surface area contributed by atoms with Gasteiger partial charge >= 0.3 is 5.97 Å². The molecule has 4 nitrogen and oxygen atoms in total. The summed E-state index contributed by atoms with van der Waals surface area (Å²) in [4.78, 5) is 23.5. The van der Waals surface area contributed by atoms with Gasteiger partial charge in [0.1, 0.15) is 0 Å². The average molecular weight is 354 g/mol. The zero-order valence-electron chi connectivity index (χ0n) is 13.5. The minimum Gasteiger partial charge on any atom is -0.452 e. The van der Waals surface area contributed by atoms with E-state index in [0.29, 0.717) is 22.6 Å². The molecule has 1 heterocycles. The van der Waals surface area contributed by atoms with Gasteiger partial charge < -0.3 is 10.1 Å². The monoisotopic (exact) mass is 353 g/mol. The molecule has 0 aromatic heterocycles. The van der Waals surface area contributed by atoms with E-state index >= 15 is 0 Å². The third-order valence-corrected chi connectivity index (χ3v) is 6.30. The lowest BCUT2D eigenvalue weighted by Gasteiger charge is -2.21. The van der Waals surface area contributed by atoms with Crippen molar-refractivity contribution in [1.82, 2.24) is 5.32 Å². The lowest BCUT2D eigenvalue weighted by Crippen LogP contribution is -2.31. The molecule has 0 spiro atoms. The van der Waals surface area contributed by atoms with Crippen LogP contribution in [0.3, 0.4) is 0 Å². The van der Waals surface area contributed by atoms with Crippen molar-refractivity contribution in [2.45, 2.75) is 24.9 Å². The minimum atomic E-state index is -0.458. The molecule has 126 valence electrons. The highest BCUT2D eigenvalue weighted by molar-refractivity contribution is 8.16. The van der Waals surface area contributed by atoms with Crippen LogP contribution in [-0.4, -0.2) is 36.5 Å². The second kappa shape index (κ2) is 9.23. The van der Waals surface area contributed by atoms with Gasteiger partial charge in [0.25, 0.3) is 5.91 Å². The quantitative estimate of drug-likeness (QED) is 0.794. The Morgan fingerprint density at radius 1 is 1.22 bits per heavy atom. The first-order valence-electron chi connectivity index (χ1n) is 7.83. The van der Waals surface area contributed by atoms with Gasteiger partial charge in [0, 0.05) is 6.54 Å². The molecule has 0 unspecified atom stereocenters. The van der Waals surface area contributed by atoms with Crippen molar-refractivity contribution in [1.29, 1.82) is 0 Å². The van der Waals surface area contributed by atoms with E-state index in [1.165, 1.54) is 23.5 Å². The van der Waals surface area contributed by atoms with Crippen molar-refractivity contribution in [2.75, 3.05) is 24.7 Å². The first kappa shape index (κ1) is 18.2. The van der Waals surface area contributed by atoms with Crippen LogP contribution in [-0.2, 0) is 9.53 Å². The summed E-state index contributed by atoms with van der Waals surface area (Å²) in [6.07, 6.45) is 1.26. The normalized spacial score (nSPS) is 15.4. The molecule has 0 saturated carbocycles. The molecule has 1 aliphatic rings. The fourth-order valence-corrected chi connectivity index (χ4v) is 4.93. The molecule has 1 amide bonds. The Morgan fingerprint density at radius 3 is 2.48 bits per heavy atom. The molecule has 6 heteroatoms. The van der Waals surface area contributed by atoms with E-state index in [2.05, 4.69) is 5.32 Å². The molecule has 0 radical (unpaired) electrons. The second-order valence-electron chi connectivity index (χ2n) is 5.82. The number of thioether (sulfide) groups is 2. The summed E-state index contributed by atoms with van der Waals surface area (Å²) in [5, 5.41) is 2.72. The lowest BCUT2D eigenvalue weighted by atomic mass is 10.1. The summed E-state index contributed by atoms with van der Waals surface area (Å²) in [6.45, 7) is 4.37. The van der Waals surface area contributed by atoms with Gasteiger partial charge in [-0.2, -0.15) is 0 Å². The van der Waals surface area contributed by atoms with Crippen molar-refractivity contribution in [3.05, 3.63) is 35.4 Å². The summed E-state index contributed by atoms with van der Waals surface area (Å²) in [6, 6.07) is 7.51. The lowest BCUT2D eigenvalue weighted by molar-refractivity contribution is -0.124. The molecule has 1 N–H and O–H groups in total. The summed E-state index contributed by atoms with van der Waals surface area (Å²) in [5.74, 6) is 2.02. The van der Waals surface area contributed by atoms with Crippen molar-refractivity contribution in [3.63, 3.8) is 0 Å². The van der Waals surface area contributed by atoms with Crippen molar-refractivity contribution in [2.24, 2.45) is 5.92 Å². The van der Waals surface area contributed by atoms with E-state index < -0.39 is 5.97 Å². The van der Waals surface area contributed by atoms with Crippen molar-refractivity contribution in [3.8, 4) is 0 Å². The molecule has 1 aromatic rings. The number of amides is 1. The Bertz CT molecular complexity index is 525. The molecule has 1 aromatic carbocycles. The highest BCUT2D eigenvalue weighted by Gasteiger charge is 2.17. The van der Waals surface area contributed by atoms with E-state index in [-0.39, 0.29) is 12.5 Å². The average Bonchev–Trinajstić information content (AvgIpc) is 2.58. The minimum absolute atomic E-state index is 0.234. The second-order valence-corrected chi connectivity index (χ2v) is 8.55. The molecule has 0 atom stereocenters. The zero-order valence-corrected chi connectivity index (χ0v) is 15.2. The largest absolute Gasteiger partial charge is 0.452 e. The maximum Gasteiger partial charge on any atom is 0.338 e. The Morgan fingerprint density at radius 2 is 1.87 bits per heavy atom. The molecule has 0 bridgehead atoms. The Hall–Kier alpha value is -1.14. The fraction of sp³-hybridized carbons (Fsp3) is 0.529. The van der Waals surface area contributed by atoms with E-state index in [9.17, 15) is 9.59 Å². The number of hydrogen-bond acceptors (Lipinski definition) is 5. The molecule has 0 aliphatic carbocycles. The maximum atomic E-state index is 12.0. The molecule has 1 saturated heterocycles. The van der Waals surface area contributed by atoms with E-state index in [0.717, 1.165) is 0 Å². The van der Waals surface area contributed by atoms with E-state index in [1.54, 1.807) is 12.1 Å². The molecular weight excluding hydrogens is 330 g/mol. The molecular formula is C17H23NO3S2. The molecule has 23 heavy (non-hydrogen) atoms. The van der Waals surface area contributed by atoms with Crippen LogP contribution in [0.2, 0.25) is 0 Å². The number of carbonyl (C=O) groups is 2. The van der Waals surface area contributed by atoms with Crippen LogP contribution in [0.15, 0.2) is 24.3 Å². The van der Waals surface area contributed by atoms with Crippen LogP contribution in [0.5, 0.6) is 0 Å². The maximum absolute atomic E-state index is 12.0. The number of esters is 1. The summed E-state index contributed by atoms with van der Waals surface area (Å²) < 4.78 is 5.50. The van der Waals surface area contributed by atoms with Gasteiger partial charge in [0.05, 0.1) is 10.1 Å². The standard InChI is InChI=1S/C17H23NO3S2/c1-12(2)10-18-15(19)11-21-16(20)13-4-6-14(7-5-13)17-22-8-3-9-23-17/h4-7,12,17H,3,8-11H2,1-2H3,(H,18,19). The third kappa shape index (κ3) is 6.11. The van der Waals surface area contributed by atoms with Gasteiger partial charge in [-0.15, -0.1) is 23.5 Å². The number of ether oxygens (including phenoxy) is 1. The van der Waals surface area contributed by atoms with Gasteiger partial charge in [0.15, 0.2) is 6.61 Å². The number of rotatable bonds is 6. The third-order valence-electron chi connectivity index (χ3n) is 3.29. The van der Waals surface area contributed by atoms with Gasteiger partial charge in [-0.3, -0.25) is 4.79 Å². The fourth-order valence-electron chi connectivity index (χ4n) is 2.04. The summed E-state index contributed by atoms with van der Waals surface area (Å²) >= 11 is 3.89.